The van der Waals surface area contributed by atoms with Gasteiger partial charge in [-0.2, -0.15) is 0 Å². The Balaban J connectivity index is 1.35. The van der Waals surface area contributed by atoms with Crippen LogP contribution in [0.1, 0.15) is 28.9 Å². The smallest absolute Gasteiger partial charge is 0.414 e. The SMILES string of the molecule is C=CCC1OCCN(c2ccc(N3C[C@H](CCC(=O)c4ccc(Cl)s4)OC3=O)cc2)C1=O. The maximum absolute atomic E-state index is 12.6. The van der Waals surface area contributed by atoms with E-state index in [1.165, 1.54) is 11.3 Å². The number of Topliss-reactive ketones (excluding diaryl/α,β-unsaturated/α-hetero) is 1. The molecule has 2 saturated heterocycles. The van der Waals surface area contributed by atoms with Gasteiger partial charge in [0.25, 0.3) is 5.91 Å². The zero-order chi connectivity index (χ0) is 22.7. The third kappa shape index (κ3) is 4.87. The summed E-state index contributed by atoms with van der Waals surface area (Å²) in [6, 6.07) is 10.6. The Kier molecular flexibility index (Phi) is 6.93. The van der Waals surface area contributed by atoms with Gasteiger partial charge in [0.1, 0.15) is 12.2 Å². The van der Waals surface area contributed by atoms with Crippen molar-refractivity contribution in [3.05, 3.63) is 58.3 Å². The topological polar surface area (TPSA) is 76.2 Å². The summed E-state index contributed by atoms with van der Waals surface area (Å²) < 4.78 is 11.5. The highest BCUT2D eigenvalue weighted by molar-refractivity contribution is 7.18. The standard InChI is InChI=1S/C23H23ClN2O5S/c1-2-3-19-22(28)25(12-13-30-19)15-4-6-16(7-5-15)26-14-17(31-23(26)29)8-9-18(27)20-10-11-21(24)32-20/h2,4-7,10-11,17,19H,1,3,8-9,12-14H2/t17-,19?/m0/s1. The summed E-state index contributed by atoms with van der Waals surface area (Å²) in [4.78, 5) is 41.1. The molecule has 2 atom stereocenters. The first-order valence-electron chi connectivity index (χ1n) is 10.4. The summed E-state index contributed by atoms with van der Waals surface area (Å²) in [7, 11) is 0. The predicted octanol–water partition coefficient (Wildman–Crippen LogP) is 4.70. The molecular formula is C23H23ClN2O5S. The molecule has 0 aliphatic carbocycles. The minimum atomic E-state index is -0.511. The number of hydrogen-bond donors (Lipinski definition) is 0. The van der Waals surface area contributed by atoms with E-state index in [4.69, 9.17) is 21.1 Å². The molecular weight excluding hydrogens is 452 g/mol. The zero-order valence-corrected chi connectivity index (χ0v) is 18.9. The second kappa shape index (κ2) is 9.85. The highest BCUT2D eigenvalue weighted by Crippen LogP contribution is 2.28. The Morgan fingerprint density at radius 2 is 1.88 bits per heavy atom. The number of thiophene rings is 1. The molecule has 2 aliphatic heterocycles. The zero-order valence-electron chi connectivity index (χ0n) is 17.4. The van der Waals surface area contributed by atoms with Crippen molar-refractivity contribution in [2.24, 2.45) is 0 Å². The van der Waals surface area contributed by atoms with Crippen molar-refractivity contribution in [1.29, 1.82) is 0 Å². The molecule has 2 amide bonds. The van der Waals surface area contributed by atoms with Crippen LogP contribution in [0.2, 0.25) is 4.34 Å². The lowest BCUT2D eigenvalue weighted by Gasteiger charge is -2.32. The second-order valence-corrected chi connectivity index (χ2v) is 9.29. The molecule has 3 heterocycles. The second-order valence-electron chi connectivity index (χ2n) is 7.57. The molecule has 1 aromatic heterocycles. The lowest BCUT2D eigenvalue weighted by Crippen LogP contribution is -2.47. The van der Waals surface area contributed by atoms with Crippen LogP contribution < -0.4 is 9.80 Å². The van der Waals surface area contributed by atoms with Crippen LogP contribution in [0, 0.1) is 0 Å². The average molecular weight is 475 g/mol. The van der Waals surface area contributed by atoms with E-state index in [2.05, 4.69) is 6.58 Å². The van der Waals surface area contributed by atoms with Crippen molar-refractivity contribution < 1.29 is 23.9 Å². The van der Waals surface area contributed by atoms with Crippen LogP contribution in [0.3, 0.4) is 0 Å². The predicted molar refractivity (Wildman–Crippen MR) is 124 cm³/mol. The largest absolute Gasteiger partial charge is 0.444 e. The van der Waals surface area contributed by atoms with Crippen molar-refractivity contribution in [3.8, 4) is 0 Å². The molecule has 0 bridgehead atoms. The number of nitrogens with zero attached hydrogens (tertiary/aromatic N) is 2. The number of benzene rings is 1. The molecule has 0 saturated carbocycles. The van der Waals surface area contributed by atoms with E-state index in [1.54, 1.807) is 40.1 Å². The van der Waals surface area contributed by atoms with Gasteiger partial charge >= 0.3 is 6.09 Å². The molecule has 0 N–H and O–H groups in total. The molecule has 168 valence electrons. The summed E-state index contributed by atoms with van der Waals surface area (Å²) >= 11 is 7.14. The monoisotopic (exact) mass is 474 g/mol. The Morgan fingerprint density at radius 3 is 2.53 bits per heavy atom. The van der Waals surface area contributed by atoms with Crippen molar-refractivity contribution in [2.45, 2.75) is 31.5 Å². The maximum Gasteiger partial charge on any atom is 0.414 e. The van der Waals surface area contributed by atoms with Crippen LogP contribution in [0.4, 0.5) is 16.2 Å². The molecule has 0 radical (unpaired) electrons. The van der Waals surface area contributed by atoms with Gasteiger partial charge in [-0.1, -0.05) is 17.7 Å². The van der Waals surface area contributed by atoms with Crippen LogP contribution in [0.25, 0.3) is 0 Å². The summed E-state index contributed by atoms with van der Waals surface area (Å²) in [5.41, 5.74) is 1.43. The van der Waals surface area contributed by atoms with Crippen LogP contribution in [0.15, 0.2) is 49.1 Å². The number of ketones is 1. The Hall–Kier alpha value is -2.68. The van der Waals surface area contributed by atoms with Gasteiger partial charge in [-0.15, -0.1) is 17.9 Å². The number of carbonyl (C=O) groups is 3. The van der Waals surface area contributed by atoms with E-state index in [-0.39, 0.29) is 24.2 Å². The van der Waals surface area contributed by atoms with Crippen molar-refractivity contribution in [3.63, 3.8) is 0 Å². The molecule has 1 unspecified atom stereocenters. The minimum absolute atomic E-state index is 0.00862. The number of amides is 2. The van der Waals surface area contributed by atoms with Gasteiger partial charge in [0.2, 0.25) is 0 Å². The number of hydrogen-bond acceptors (Lipinski definition) is 6. The van der Waals surface area contributed by atoms with Crippen molar-refractivity contribution in [1.82, 2.24) is 0 Å². The molecule has 2 aromatic rings. The third-order valence-electron chi connectivity index (χ3n) is 5.44. The summed E-state index contributed by atoms with van der Waals surface area (Å²) in [6.45, 7) is 4.98. The number of carbonyl (C=O) groups excluding carboxylic acids is 3. The molecule has 2 fully saturated rings. The number of rotatable bonds is 8. The van der Waals surface area contributed by atoms with Crippen LogP contribution >= 0.6 is 22.9 Å². The summed E-state index contributed by atoms with van der Waals surface area (Å²) in [5, 5.41) is 0. The molecule has 7 nitrogen and oxygen atoms in total. The first-order valence-corrected chi connectivity index (χ1v) is 11.6. The number of morpholine rings is 1. The van der Waals surface area contributed by atoms with Gasteiger partial charge in [0.05, 0.1) is 22.4 Å². The number of ether oxygens (including phenoxy) is 2. The van der Waals surface area contributed by atoms with Crippen LogP contribution in [-0.4, -0.2) is 49.7 Å². The van der Waals surface area contributed by atoms with Crippen molar-refractivity contribution >= 4 is 52.1 Å². The Morgan fingerprint density at radius 1 is 1.16 bits per heavy atom. The van der Waals surface area contributed by atoms with E-state index >= 15 is 0 Å². The fourth-order valence-electron chi connectivity index (χ4n) is 3.79. The van der Waals surface area contributed by atoms with Crippen molar-refractivity contribution in [2.75, 3.05) is 29.5 Å². The molecule has 4 rings (SSSR count). The Labute approximate surface area is 195 Å². The van der Waals surface area contributed by atoms with Gasteiger partial charge in [-0.25, -0.2) is 4.79 Å². The van der Waals surface area contributed by atoms with Crippen LogP contribution in [-0.2, 0) is 14.3 Å². The normalized spacial score (nSPS) is 21.0. The quantitative estimate of drug-likeness (QED) is 0.409. The van der Waals surface area contributed by atoms with Gasteiger partial charge in [-0.05, 0) is 42.8 Å². The lowest BCUT2D eigenvalue weighted by atomic mass is 10.1. The average Bonchev–Trinajstić information content (AvgIpc) is 3.39. The molecule has 1 aromatic carbocycles. The number of anilines is 2. The molecule has 9 heteroatoms. The van der Waals surface area contributed by atoms with E-state index < -0.39 is 12.2 Å². The highest BCUT2D eigenvalue weighted by atomic mass is 35.5. The fourth-order valence-corrected chi connectivity index (χ4v) is 4.80. The van der Waals surface area contributed by atoms with Gasteiger partial charge < -0.3 is 14.4 Å². The van der Waals surface area contributed by atoms with Gasteiger partial charge in [0.15, 0.2) is 5.78 Å². The fraction of sp³-hybridized carbons (Fsp3) is 0.348. The number of halogens is 1. The number of cyclic esters (lactones) is 1. The first kappa shape index (κ1) is 22.5. The lowest BCUT2D eigenvalue weighted by molar-refractivity contribution is -0.133. The van der Waals surface area contributed by atoms with Gasteiger partial charge in [-0.3, -0.25) is 14.5 Å². The maximum atomic E-state index is 12.6. The van der Waals surface area contributed by atoms with E-state index in [0.717, 1.165) is 5.69 Å². The summed E-state index contributed by atoms with van der Waals surface area (Å²) in [5.74, 6) is -0.105. The third-order valence-corrected chi connectivity index (χ3v) is 6.72. The van der Waals surface area contributed by atoms with E-state index in [0.29, 0.717) is 47.4 Å². The van der Waals surface area contributed by atoms with E-state index in [1.807, 2.05) is 12.1 Å². The van der Waals surface area contributed by atoms with Crippen LogP contribution in [0.5, 0.6) is 0 Å². The Bertz CT molecular complexity index is 1020. The molecule has 0 spiro atoms. The highest BCUT2D eigenvalue weighted by Gasteiger charge is 2.33. The van der Waals surface area contributed by atoms with Gasteiger partial charge in [0, 0.05) is 30.8 Å². The van der Waals surface area contributed by atoms with E-state index in [9.17, 15) is 14.4 Å². The molecule has 32 heavy (non-hydrogen) atoms. The molecule has 2 aliphatic rings. The summed E-state index contributed by atoms with van der Waals surface area (Å²) in [6.07, 6.45) is 1.56. The minimum Gasteiger partial charge on any atom is -0.444 e. The first-order chi connectivity index (χ1) is 15.5.